The molecule has 1 aliphatic rings. The van der Waals surface area contributed by atoms with Crippen LogP contribution in [0.5, 0.6) is 0 Å². The zero-order valence-corrected chi connectivity index (χ0v) is 11.6. The number of alkyl halides is 1. The largest absolute Gasteiger partial charge is 0.301 e. The summed E-state index contributed by atoms with van der Waals surface area (Å²) in [6, 6.07) is 0.347. The third kappa shape index (κ3) is 3.58. The fourth-order valence-electron chi connectivity index (χ4n) is 1.98. The van der Waals surface area contributed by atoms with Gasteiger partial charge < -0.3 is 4.90 Å². The molecule has 0 bridgehead atoms. The Balaban J connectivity index is 2.60. The number of piperazine rings is 1. The second kappa shape index (κ2) is 6.19. The van der Waals surface area contributed by atoms with E-state index >= 15 is 0 Å². The molecule has 1 atom stereocenters. The lowest BCUT2D eigenvalue weighted by Crippen LogP contribution is -2.53. The van der Waals surface area contributed by atoms with Gasteiger partial charge >= 0.3 is 0 Å². The Labute approximate surface area is 104 Å². The minimum Gasteiger partial charge on any atom is -0.301 e. The quantitative estimate of drug-likeness (QED) is 0.698. The Morgan fingerprint density at radius 1 is 1.38 bits per heavy atom. The predicted octanol–water partition coefficient (Wildman–Crippen LogP) is 0.971. The molecule has 6 heteroatoms. The standard InChI is InChI=1S/C10H21ClN2O2S/c1-3-10-9-13(7-6-12(10)2)16(14,15)8-4-5-11/h10H,3-9H2,1-2H3. The Bertz CT molecular complexity index is 308. The summed E-state index contributed by atoms with van der Waals surface area (Å²) < 4.78 is 25.5. The molecule has 1 rings (SSSR count). The van der Waals surface area contributed by atoms with Gasteiger partial charge in [-0.1, -0.05) is 6.92 Å². The number of sulfonamides is 1. The van der Waals surface area contributed by atoms with Gasteiger partial charge in [0.05, 0.1) is 5.75 Å². The molecule has 0 aliphatic carbocycles. The van der Waals surface area contributed by atoms with Crippen molar-refractivity contribution in [3.63, 3.8) is 0 Å². The van der Waals surface area contributed by atoms with E-state index in [-0.39, 0.29) is 5.75 Å². The molecule has 0 amide bonds. The van der Waals surface area contributed by atoms with Gasteiger partial charge in [-0.2, -0.15) is 4.31 Å². The SMILES string of the molecule is CCC1CN(S(=O)(=O)CCCCl)CCN1C. The number of nitrogens with zero attached hydrogens (tertiary/aromatic N) is 2. The van der Waals surface area contributed by atoms with Gasteiger partial charge in [0.2, 0.25) is 10.0 Å². The van der Waals surface area contributed by atoms with Gasteiger partial charge in [0.15, 0.2) is 0 Å². The van der Waals surface area contributed by atoms with E-state index in [0.29, 0.717) is 31.4 Å². The van der Waals surface area contributed by atoms with Gasteiger partial charge in [0, 0.05) is 31.6 Å². The zero-order valence-electron chi connectivity index (χ0n) is 10.0. The van der Waals surface area contributed by atoms with Crippen LogP contribution in [0.4, 0.5) is 0 Å². The van der Waals surface area contributed by atoms with Crippen LogP contribution < -0.4 is 0 Å². The molecule has 0 saturated carbocycles. The van der Waals surface area contributed by atoms with Gasteiger partial charge in [0.1, 0.15) is 0 Å². The number of hydrogen-bond acceptors (Lipinski definition) is 3. The van der Waals surface area contributed by atoms with E-state index in [1.807, 2.05) is 0 Å². The van der Waals surface area contributed by atoms with Crippen molar-refractivity contribution in [2.45, 2.75) is 25.8 Å². The molecule has 4 nitrogen and oxygen atoms in total. The molecule has 16 heavy (non-hydrogen) atoms. The molecule has 1 fully saturated rings. The minimum absolute atomic E-state index is 0.177. The Hall–Kier alpha value is 0.160. The van der Waals surface area contributed by atoms with E-state index < -0.39 is 10.0 Å². The Morgan fingerprint density at radius 3 is 2.62 bits per heavy atom. The van der Waals surface area contributed by atoms with Gasteiger partial charge in [0.25, 0.3) is 0 Å². The summed E-state index contributed by atoms with van der Waals surface area (Å²) in [6.07, 6.45) is 1.52. The first-order valence-electron chi connectivity index (χ1n) is 5.75. The van der Waals surface area contributed by atoms with Crippen LogP contribution in [0, 0.1) is 0 Å². The van der Waals surface area contributed by atoms with E-state index in [9.17, 15) is 8.42 Å². The first-order valence-corrected chi connectivity index (χ1v) is 7.89. The lowest BCUT2D eigenvalue weighted by Gasteiger charge is -2.38. The average molecular weight is 269 g/mol. The lowest BCUT2D eigenvalue weighted by molar-refractivity contribution is 0.144. The van der Waals surface area contributed by atoms with Gasteiger partial charge in [-0.15, -0.1) is 11.6 Å². The van der Waals surface area contributed by atoms with Crippen LogP contribution in [0.15, 0.2) is 0 Å². The molecular weight excluding hydrogens is 248 g/mol. The summed E-state index contributed by atoms with van der Waals surface area (Å²) in [5, 5.41) is 0. The van der Waals surface area contributed by atoms with E-state index in [1.54, 1.807) is 4.31 Å². The van der Waals surface area contributed by atoms with E-state index in [4.69, 9.17) is 11.6 Å². The molecule has 1 aliphatic heterocycles. The van der Waals surface area contributed by atoms with Crippen molar-refractivity contribution < 1.29 is 8.42 Å². The zero-order chi connectivity index (χ0) is 12.2. The molecular formula is C10H21ClN2O2S. The first kappa shape index (κ1) is 14.2. The average Bonchev–Trinajstić information content (AvgIpc) is 2.27. The number of hydrogen-bond donors (Lipinski definition) is 0. The summed E-state index contributed by atoms with van der Waals surface area (Å²) in [5.41, 5.74) is 0. The van der Waals surface area contributed by atoms with Crippen molar-refractivity contribution in [1.29, 1.82) is 0 Å². The van der Waals surface area contributed by atoms with Crippen molar-refractivity contribution in [2.24, 2.45) is 0 Å². The fourth-order valence-corrected chi connectivity index (χ4v) is 3.80. The van der Waals surface area contributed by atoms with Crippen LogP contribution in [0.25, 0.3) is 0 Å². The van der Waals surface area contributed by atoms with Crippen LogP contribution in [0.1, 0.15) is 19.8 Å². The third-order valence-corrected chi connectivity index (χ3v) is 5.33. The van der Waals surface area contributed by atoms with Crippen LogP contribution in [0.2, 0.25) is 0 Å². The summed E-state index contributed by atoms with van der Waals surface area (Å²) >= 11 is 5.53. The van der Waals surface area contributed by atoms with E-state index in [2.05, 4.69) is 18.9 Å². The maximum atomic E-state index is 12.0. The number of rotatable bonds is 5. The molecule has 0 spiro atoms. The summed E-state index contributed by atoms with van der Waals surface area (Å²) in [6.45, 7) is 4.14. The van der Waals surface area contributed by atoms with Crippen molar-refractivity contribution in [1.82, 2.24) is 9.21 Å². The van der Waals surface area contributed by atoms with Crippen molar-refractivity contribution in [2.75, 3.05) is 38.3 Å². The smallest absolute Gasteiger partial charge is 0.214 e. The van der Waals surface area contributed by atoms with Gasteiger partial charge in [-0.25, -0.2) is 8.42 Å². The van der Waals surface area contributed by atoms with Crippen molar-refractivity contribution in [3.05, 3.63) is 0 Å². The summed E-state index contributed by atoms with van der Waals surface area (Å²) in [7, 11) is -1.04. The van der Waals surface area contributed by atoms with E-state index in [1.165, 1.54) is 0 Å². The number of halogens is 1. The molecule has 1 saturated heterocycles. The van der Waals surface area contributed by atoms with Gasteiger partial charge in [-0.3, -0.25) is 0 Å². The molecule has 96 valence electrons. The van der Waals surface area contributed by atoms with Gasteiger partial charge in [-0.05, 0) is 19.9 Å². The van der Waals surface area contributed by atoms with Crippen LogP contribution in [0.3, 0.4) is 0 Å². The second-order valence-corrected chi connectivity index (χ2v) is 6.73. The van der Waals surface area contributed by atoms with Crippen LogP contribution in [-0.4, -0.2) is 62.0 Å². The first-order chi connectivity index (χ1) is 7.51. The fraction of sp³-hybridized carbons (Fsp3) is 1.00. The highest BCUT2D eigenvalue weighted by Gasteiger charge is 2.30. The lowest BCUT2D eigenvalue weighted by atomic mass is 10.1. The molecule has 1 heterocycles. The van der Waals surface area contributed by atoms with Crippen LogP contribution in [-0.2, 0) is 10.0 Å². The summed E-state index contributed by atoms with van der Waals surface area (Å²) in [5.74, 6) is 0.584. The summed E-state index contributed by atoms with van der Waals surface area (Å²) in [4.78, 5) is 2.23. The highest BCUT2D eigenvalue weighted by atomic mass is 35.5. The highest BCUT2D eigenvalue weighted by Crippen LogP contribution is 2.15. The van der Waals surface area contributed by atoms with Crippen molar-refractivity contribution in [3.8, 4) is 0 Å². The van der Waals surface area contributed by atoms with Crippen molar-refractivity contribution >= 4 is 21.6 Å². The third-order valence-electron chi connectivity index (χ3n) is 3.14. The Morgan fingerprint density at radius 2 is 2.06 bits per heavy atom. The monoisotopic (exact) mass is 268 g/mol. The maximum Gasteiger partial charge on any atom is 0.214 e. The molecule has 0 radical (unpaired) electrons. The molecule has 0 N–H and O–H groups in total. The maximum absolute atomic E-state index is 12.0. The number of likely N-dealkylation sites (N-methyl/N-ethyl adjacent to an activating group) is 1. The van der Waals surface area contributed by atoms with Crippen LogP contribution >= 0.6 is 11.6 Å². The molecule has 0 aromatic heterocycles. The highest BCUT2D eigenvalue weighted by molar-refractivity contribution is 7.89. The topological polar surface area (TPSA) is 40.6 Å². The Kier molecular flexibility index (Phi) is 5.50. The predicted molar refractivity (Wildman–Crippen MR) is 67.4 cm³/mol. The minimum atomic E-state index is -3.09. The normalized spacial score (nSPS) is 24.8. The molecule has 0 aromatic carbocycles. The second-order valence-electron chi connectivity index (χ2n) is 4.26. The molecule has 0 aromatic rings. The molecule has 1 unspecified atom stereocenters. The van der Waals surface area contributed by atoms with E-state index in [0.717, 1.165) is 13.0 Å².